The lowest BCUT2D eigenvalue weighted by molar-refractivity contribution is -0.121. The molecule has 19 heavy (non-hydrogen) atoms. The summed E-state index contributed by atoms with van der Waals surface area (Å²) in [7, 11) is 0. The summed E-state index contributed by atoms with van der Waals surface area (Å²) in [5.74, 6) is 0.420. The van der Waals surface area contributed by atoms with Gasteiger partial charge in [0, 0.05) is 31.6 Å². The summed E-state index contributed by atoms with van der Waals surface area (Å²) in [5.41, 5.74) is 5.93. The van der Waals surface area contributed by atoms with E-state index in [1.54, 1.807) is 24.3 Å². The van der Waals surface area contributed by atoms with Gasteiger partial charge >= 0.3 is 0 Å². The first-order valence-corrected chi connectivity index (χ1v) is 6.09. The van der Waals surface area contributed by atoms with Gasteiger partial charge in [-0.15, -0.1) is 0 Å². The van der Waals surface area contributed by atoms with Crippen molar-refractivity contribution in [3.8, 4) is 5.75 Å². The van der Waals surface area contributed by atoms with Crippen LogP contribution in [-0.4, -0.2) is 31.5 Å². The van der Waals surface area contributed by atoms with Crippen LogP contribution >= 0.6 is 0 Å². The zero-order valence-corrected chi connectivity index (χ0v) is 10.9. The maximum Gasteiger partial charge on any atom is 0.221 e. The second kappa shape index (κ2) is 8.10. The molecule has 0 saturated heterocycles. The second-order valence-corrected chi connectivity index (χ2v) is 3.95. The van der Waals surface area contributed by atoms with E-state index in [2.05, 4.69) is 10.6 Å². The van der Waals surface area contributed by atoms with Gasteiger partial charge in [-0.25, -0.2) is 0 Å². The zero-order chi connectivity index (χ0) is 14.1. The van der Waals surface area contributed by atoms with Gasteiger partial charge in [0.25, 0.3) is 0 Å². The maximum absolute atomic E-state index is 11.1. The van der Waals surface area contributed by atoms with Crippen LogP contribution in [0.5, 0.6) is 5.75 Å². The number of nitrogens with one attached hydrogen (secondary N) is 2. The molecule has 0 aliphatic carbocycles. The number of hydrogen-bond donors (Lipinski definition) is 3. The third kappa shape index (κ3) is 6.42. The van der Waals surface area contributed by atoms with Crippen LogP contribution in [0.2, 0.25) is 0 Å². The van der Waals surface area contributed by atoms with Gasteiger partial charge < -0.3 is 21.1 Å². The fraction of sp³-hybridized carbons (Fsp3) is 0.385. The van der Waals surface area contributed by atoms with E-state index in [1.807, 2.05) is 0 Å². The van der Waals surface area contributed by atoms with Gasteiger partial charge in [0.1, 0.15) is 12.4 Å². The number of amides is 2. The number of anilines is 1. The SMILES string of the molecule is CC(=O)Nc1cccc(OCCNC(=O)CCN)c1. The molecular formula is C13H19N3O3. The third-order valence-corrected chi connectivity index (χ3v) is 2.22. The number of hydrogen-bond acceptors (Lipinski definition) is 4. The van der Waals surface area contributed by atoms with Gasteiger partial charge in [-0.05, 0) is 12.1 Å². The second-order valence-electron chi connectivity index (χ2n) is 3.95. The van der Waals surface area contributed by atoms with Crippen molar-refractivity contribution in [1.82, 2.24) is 5.32 Å². The molecule has 6 heteroatoms. The van der Waals surface area contributed by atoms with E-state index >= 15 is 0 Å². The van der Waals surface area contributed by atoms with E-state index in [-0.39, 0.29) is 11.8 Å². The molecule has 0 unspecified atom stereocenters. The van der Waals surface area contributed by atoms with Crippen molar-refractivity contribution in [2.75, 3.05) is 25.0 Å². The monoisotopic (exact) mass is 265 g/mol. The van der Waals surface area contributed by atoms with Crippen molar-refractivity contribution in [2.45, 2.75) is 13.3 Å². The maximum atomic E-state index is 11.1. The van der Waals surface area contributed by atoms with Crippen molar-refractivity contribution in [2.24, 2.45) is 5.73 Å². The minimum absolute atomic E-state index is 0.0851. The van der Waals surface area contributed by atoms with Crippen LogP contribution < -0.4 is 21.1 Å². The predicted molar refractivity (Wildman–Crippen MR) is 72.9 cm³/mol. The van der Waals surface area contributed by atoms with Gasteiger partial charge in [-0.2, -0.15) is 0 Å². The first-order valence-electron chi connectivity index (χ1n) is 6.09. The highest BCUT2D eigenvalue weighted by molar-refractivity contribution is 5.88. The van der Waals surface area contributed by atoms with E-state index < -0.39 is 0 Å². The third-order valence-electron chi connectivity index (χ3n) is 2.22. The van der Waals surface area contributed by atoms with Crippen molar-refractivity contribution in [3.63, 3.8) is 0 Å². The van der Waals surface area contributed by atoms with Gasteiger partial charge in [0.2, 0.25) is 11.8 Å². The molecule has 0 saturated carbocycles. The Morgan fingerprint density at radius 2 is 2.16 bits per heavy atom. The summed E-state index contributed by atoms with van der Waals surface area (Å²) in [6, 6.07) is 7.07. The van der Waals surface area contributed by atoms with E-state index in [0.29, 0.717) is 37.6 Å². The Balaban J connectivity index is 2.33. The molecule has 2 amide bonds. The molecule has 1 aromatic carbocycles. The van der Waals surface area contributed by atoms with Crippen LogP contribution in [0, 0.1) is 0 Å². The largest absolute Gasteiger partial charge is 0.492 e. The molecule has 4 N–H and O–H groups in total. The molecule has 0 heterocycles. The van der Waals surface area contributed by atoms with Crippen LogP contribution in [0.25, 0.3) is 0 Å². The van der Waals surface area contributed by atoms with E-state index in [4.69, 9.17) is 10.5 Å². The average Bonchev–Trinajstić information content (AvgIpc) is 2.35. The quantitative estimate of drug-likeness (QED) is 0.625. The highest BCUT2D eigenvalue weighted by Gasteiger charge is 2.00. The average molecular weight is 265 g/mol. The number of ether oxygens (including phenoxy) is 1. The lowest BCUT2D eigenvalue weighted by Crippen LogP contribution is -2.29. The molecule has 0 spiro atoms. The van der Waals surface area contributed by atoms with Crippen LogP contribution in [-0.2, 0) is 9.59 Å². The molecule has 0 aliphatic rings. The molecular weight excluding hydrogens is 246 g/mol. The lowest BCUT2D eigenvalue weighted by Gasteiger charge is -2.09. The molecule has 0 aliphatic heterocycles. The Hall–Kier alpha value is -2.08. The number of rotatable bonds is 7. The Bertz CT molecular complexity index is 435. The minimum Gasteiger partial charge on any atom is -0.492 e. The fourth-order valence-electron chi connectivity index (χ4n) is 1.45. The van der Waals surface area contributed by atoms with E-state index in [1.165, 1.54) is 6.92 Å². The van der Waals surface area contributed by atoms with Crippen molar-refractivity contribution in [3.05, 3.63) is 24.3 Å². The Labute approximate surface area is 112 Å². The van der Waals surface area contributed by atoms with Gasteiger partial charge in [-0.3, -0.25) is 9.59 Å². The first-order chi connectivity index (χ1) is 9.11. The first kappa shape index (κ1) is 15.0. The van der Waals surface area contributed by atoms with Gasteiger partial charge in [0.15, 0.2) is 0 Å². The highest BCUT2D eigenvalue weighted by atomic mass is 16.5. The molecule has 6 nitrogen and oxygen atoms in total. The van der Waals surface area contributed by atoms with Gasteiger partial charge in [-0.1, -0.05) is 6.07 Å². The highest BCUT2D eigenvalue weighted by Crippen LogP contribution is 2.16. The van der Waals surface area contributed by atoms with Crippen molar-refractivity contribution >= 4 is 17.5 Å². The molecule has 1 rings (SSSR count). The molecule has 0 radical (unpaired) electrons. The van der Waals surface area contributed by atoms with Gasteiger partial charge in [0.05, 0.1) is 6.54 Å². The molecule has 0 atom stereocenters. The molecule has 1 aromatic rings. The minimum atomic E-state index is -0.133. The predicted octanol–water partition coefficient (Wildman–Crippen LogP) is 0.489. The van der Waals surface area contributed by atoms with E-state index in [0.717, 1.165) is 0 Å². The van der Waals surface area contributed by atoms with Crippen molar-refractivity contribution < 1.29 is 14.3 Å². The lowest BCUT2D eigenvalue weighted by atomic mass is 10.3. The van der Waals surface area contributed by atoms with E-state index in [9.17, 15) is 9.59 Å². The summed E-state index contributed by atoms with van der Waals surface area (Å²) >= 11 is 0. The standard InChI is InChI=1S/C13H19N3O3/c1-10(17)16-11-3-2-4-12(9-11)19-8-7-15-13(18)5-6-14/h2-4,9H,5-8,14H2,1H3,(H,15,18)(H,16,17). The summed E-state index contributed by atoms with van der Waals surface area (Å²) in [6.45, 7) is 2.56. The topological polar surface area (TPSA) is 93.5 Å². The number of nitrogens with two attached hydrogens (primary N) is 1. The molecule has 104 valence electrons. The van der Waals surface area contributed by atoms with Crippen molar-refractivity contribution in [1.29, 1.82) is 0 Å². The summed E-state index contributed by atoms with van der Waals surface area (Å²) in [4.78, 5) is 22.0. The number of benzene rings is 1. The summed E-state index contributed by atoms with van der Waals surface area (Å²) in [5, 5.41) is 5.35. The summed E-state index contributed by atoms with van der Waals surface area (Å²) in [6.07, 6.45) is 0.317. The Morgan fingerprint density at radius 1 is 1.37 bits per heavy atom. The Morgan fingerprint density at radius 3 is 2.84 bits per heavy atom. The Kier molecular flexibility index (Phi) is 6.38. The smallest absolute Gasteiger partial charge is 0.221 e. The fourth-order valence-corrected chi connectivity index (χ4v) is 1.45. The number of carbonyl (C=O) groups excluding carboxylic acids is 2. The normalized spacial score (nSPS) is 9.79. The molecule has 0 fully saturated rings. The van der Waals surface area contributed by atoms with Crippen LogP contribution in [0.15, 0.2) is 24.3 Å². The molecule has 0 aromatic heterocycles. The number of carbonyl (C=O) groups is 2. The van der Waals surface area contributed by atoms with Crippen LogP contribution in [0.1, 0.15) is 13.3 Å². The van der Waals surface area contributed by atoms with Crippen LogP contribution in [0.4, 0.5) is 5.69 Å². The molecule has 0 bridgehead atoms. The van der Waals surface area contributed by atoms with Crippen LogP contribution in [0.3, 0.4) is 0 Å². The zero-order valence-electron chi connectivity index (χ0n) is 10.9. The summed E-state index contributed by atoms with van der Waals surface area (Å²) < 4.78 is 5.46.